The van der Waals surface area contributed by atoms with Crippen LogP contribution in [0.1, 0.15) is 48.7 Å². The molecule has 1 amide bonds. The van der Waals surface area contributed by atoms with E-state index in [9.17, 15) is 9.59 Å². The van der Waals surface area contributed by atoms with E-state index in [1.165, 1.54) is 29.4 Å². The zero-order chi connectivity index (χ0) is 31.7. The topological polar surface area (TPSA) is 65.6 Å². The maximum absolute atomic E-state index is 12.7. The predicted molar refractivity (Wildman–Crippen MR) is 178 cm³/mol. The highest BCUT2D eigenvalue weighted by atomic mass is 35.5. The van der Waals surface area contributed by atoms with Crippen LogP contribution in [0, 0.1) is 0 Å². The third-order valence-electron chi connectivity index (χ3n) is 9.11. The van der Waals surface area contributed by atoms with Crippen LogP contribution in [0.2, 0.25) is 5.02 Å². The molecular formula is C36H43ClN4O4. The molecule has 3 heterocycles. The van der Waals surface area contributed by atoms with Crippen LogP contribution in [-0.2, 0) is 22.6 Å². The van der Waals surface area contributed by atoms with Gasteiger partial charge in [-0.1, -0.05) is 41.9 Å². The molecule has 45 heavy (non-hydrogen) atoms. The number of benzene rings is 3. The molecule has 3 fully saturated rings. The number of rotatable bonds is 7. The van der Waals surface area contributed by atoms with Crippen molar-refractivity contribution in [3.63, 3.8) is 0 Å². The molecule has 3 aromatic carbocycles. The molecule has 0 N–H and O–H groups in total. The Morgan fingerprint density at radius 2 is 1.58 bits per heavy atom. The van der Waals surface area contributed by atoms with Crippen molar-refractivity contribution >= 4 is 29.4 Å². The third-order valence-corrected chi connectivity index (χ3v) is 9.36. The van der Waals surface area contributed by atoms with Crippen LogP contribution in [0.15, 0.2) is 66.7 Å². The number of anilines is 1. The maximum atomic E-state index is 12.7. The first-order valence-corrected chi connectivity index (χ1v) is 16.2. The Morgan fingerprint density at radius 1 is 0.867 bits per heavy atom. The summed E-state index contributed by atoms with van der Waals surface area (Å²) in [6.45, 7) is 12.8. The second kappa shape index (κ2) is 13.0. The second-order valence-corrected chi connectivity index (χ2v) is 13.8. The molecule has 238 valence electrons. The molecule has 0 radical (unpaired) electrons. The van der Waals surface area contributed by atoms with Gasteiger partial charge in [-0.15, -0.1) is 0 Å². The highest BCUT2D eigenvalue weighted by Crippen LogP contribution is 2.34. The number of carbonyl (C=O) groups excluding carboxylic acids is 2. The van der Waals surface area contributed by atoms with Crippen molar-refractivity contribution < 1.29 is 19.1 Å². The molecule has 9 heteroatoms. The van der Waals surface area contributed by atoms with E-state index in [2.05, 4.69) is 45.0 Å². The number of methoxy groups -OCH3 is 1. The molecule has 6 rings (SSSR count). The van der Waals surface area contributed by atoms with Crippen LogP contribution >= 0.6 is 11.6 Å². The Hall–Kier alpha value is -3.59. The fourth-order valence-corrected chi connectivity index (χ4v) is 6.97. The summed E-state index contributed by atoms with van der Waals surface area (Å²) in [5.41, 5.74) is 6.21. The Labute approximate surface area is 271 Å². The molecule has 0 unspecified atom stereocenters. The Balaban J connectivity index is 1.13. The number of hydrogen-bond donors (Lipinski definition) is 0. The Kier molecular flexibility index (Phi) is 9.09. The van der Waals surface area contributed by atoms with Gasteiger partial charge in [-0.2, -0.15) is 0 Å². The number of piperazine rings is 2. The molecule has 3 aromatic rings. The first-order chi connectivity index (χ1) is 21.6. The summed E-state index contributed by atoms with van der Waals surface area (Å²) < 4.78 is 10.5. The zero-order valence-corrected chi connectivity index (χ0v) is 27.4. The standard InChI is InChI=1S/C36H43ClN4O4/c1-36(2,3)45-35(43)41-24-31-20-32(41)23-40(31)21-25-5-14-33(26-6-10-29(37)11-7-26)28(19-25)22-38-15-17-39(18-16-38)30-12-8-27(9-13-30)34(42)44-4/h5-14,19,31-32H,15-18,20-24H2,1-4H3/t31-,32-/m1/s1. The van der Waals surface area contributed by atoms with Crippen molar-refractivity contribution in [3.8, 4) is 11.1 Å². The zero-order valence-electron chi connectivity index (χ0n) is 26.7. The average Bonchev–Trinajstić information content (AvgIpc) is 3.62. The maximum Gasteiger partial charge on any atom is 0.410 e. The van der Waals surface area contributed by atoms with Crippen molar-refractivity contribution in [2.24, 2.45) is 0 Å². The van der Waals surface area contributed by atoms with Crippen LogP contribution in [0.3, 0.4) is 0 Å². The van der Waals surface area contributed by atoms with Gasteiger partial charge in [0.1, 0.15) is 5.60 Å². The van der Waals surface area contributed by atoms with Gasteiger partial charge in [0, 0.05) is 75.2 Å². The number of hydrogen-bond acceptors (Lipinski definition) is 7. The minimum atomic E-state index is -0.481. The predicted octanol–water partition coefficient (Wildman–Crippen LogP) is 6.31. The first kappa shape index (κ1) is 31.4. The highest BCUT2D eigenvalue weighted by Gasteiger charge is 2.46. The van der Waals surface area contributed by atoms with E-state index in [0.29, 0.717) is 11.6 Å². The first-order valence-electron chi connectivity index (χ1n) is 15.8. The number of ether oxygens (including phenoxy) is 2. The summed E-state index contributed by atoms with van der Waals surface area (Å²) in [6.07, 6.45) is 0.813. The molecule has 2 bridgehead atoms. The molecule has 3 aliphatic rings. The molecular weight excluding hydrogens is 588 g/mol. The molecule has 2 atom stereocenters. The number of halogens is 1. The van der Waals surface area contributed by atoms with E-state index in [0.717, 1.165) is 69.5 Å². The number of fused-ring (bicyclic) bond motifs is 2. The molecule has 0 saturated carbocycles. The fourth-order valence-electron chi connectivity index (χ4n) is 6.84. The Morgan fingerprint density at radius 3 is 2.20 bits per heavy atom. The van der Waals surface area contributed by atoms with Gasteiger partial charge in [-0.3, -0.25) is 9.80 Å². The lowest BCUT2D eigenvalue weighted by Gasteiger charge is -2.37. The lowest BCUT2D eigenvalue weighted by atomic mass is 9.96. The van der Waals surface area contributed by atoms with Crippen molar-refractivity contribution in [3.05, 3.63) is 88.4 Å². The second-order valence-electron chi connectivity index (χ2n) is 13.4. The van der Waals surface area contributed by atoms with E-state index in [-0.39, 0.29) is 18.1 Å². The SMILES string of the molecule is COC(=O)c1ccc(N2CCN(Cc3cc(CN4C[C@H]5C[C@@H]4CN5C(=O)OC(C)(C)C)ccc3-c3ccc(Cl)cc3)CC2)cc1. The number of esters is 1. The van der Waals surface area contributed by atoms with Gasteiger partial charge in [0.25, 0.3) is 0 Å². The lowest BCUT2D eigenvalue weighted by molar-refractivity contribution is 0.0123. The van der Waals surface area contributed by atoms with Gasteiger partial charge in [0.2, 0.25) is 0 Å². The van der Waals surface area contributed by atoms with E-state index in [4.69, 9.17) is 21.1 Å². The summed E-state index contributed by atoms with van der Waals surface area (Å²) in [5, 5.41) is 0.733. The van der Waals surface area contributed by atoms with Crippen molar-refractivity contribution in [1.82, 2.24) is 14.7 Å². The van der Waals surface area contributed by atoms with Crippen LogP contribution in [0.4, 0.5) is 10.5 Å². The normalized spacial score (nSPS) is 20.5. The number of nitrogens with zero attached hydrogens (tertiary/aromatic N) is 4. The third kappa shape index (κ3) is 7.29. The number of likely N-dealkylation sites (tertiary alicyclic amines) is 2. The minimum Gasteiger partial charge on any atom is -0.465 e. The summed E-state index contributed by atoms with van der Waals surface area (Å²) in [5.74, 6) is -0.315. The summed E-state index contributed by atoms with van der Waals surface area (Å²) in [7, 11) is 1.40. The van der Waals surface area contributed by atoms with Crippen molar-refractivity contribution in [1.29, 1.82) is 0 Å². The number of carbonyl (C=O) groups is 2. The van der Waals surface area contributed by atoms with Crippen LogP contribution in [0.5, 0.6) is 0 Å². The van der Waals surface area contributed by atoms with Crippen molar-refractivity contribution in [2.75, 3.05) is 51.3 Å². The van der Waals surface area contributed by atoms with Gasteiger partial charge in [0.05, 0.1) is 12.7 Å². The largest absolute Gasteiger partial charge is 0.465 e. The smallest absolute Gasteiger partial charge is 0.410 e. The van der Waals surface area contributed by atoms with Gasteiger partial charge >= 0.3 is 12.1 Å². The minimum absolute atomic E-state index is 0.192. The molecule has 0 aromatic heterocycles. The average molecular weight is 631 g/mol. The van der Waals surface area contributed by atoms with E-state index >= 15 is 0 Å². The lowest BCUT2D eigenvalue weighted by Crippen LogP contribution is -2.49. The van der Waals surface area contributed by atoms with E-state index < -0.39 is 5.60 Å². The fraction of sp³-hybridized carbons (Fsp3) is 0.444. The van der Waals surface area contributed by atoms with Gasteiger partial charge in [-0.25, -0.2) is 9.59 Å². The van der Waals surface area contributed by atoms with E-state index in [1.807, 2.05) is 62.1 Å². The molecule has 8 nitrogen and oxygen atoms in total. The number of amides is 1. The van der Waals surface area contributed by atoms with Gasteiger partial charge in [-0.05, 0) is 85.8 Å². The Bertz CT molecular complexity index is 1510. The molecule has 0 aliphatic carbocycles. The van der Waals surface area contributed by atoms with E-state index in [1.54, 1.807) is 0 Å². The summed E-state index contributed by atoms with van der Waals surface area (Å²) in [4.78, 5) is 33.9. The quantitative estimate of drug-likeness (QED) is 0.284. The highest BCUT2D eigenvalue weighted by molar-refractivity contribution is 6.30. The monoisotopic (exact) mass is 630 g/mol. The summed E-state index contributed by atoms with van der Waals surface area (Å²) in [6, 6.07) is 23.2. The summed E-state index contributed by atoms with van der Waals surface area (Å²) >= 11 is 6.23. The molecule has 3 saturated heterocycles. The van der Waals surface area contributed by atoms with Crippen LogP contribution in [0.25, 0.3) is 11.1 Å². The van der Waals surface area contributed by atoms with Gasteiger partial charge in [0.15, 0.2) is 0 Å². The van der Waals surface area contributed by atoms with Gasteiger partial charge < -0.3 is 19.3 Å². The van der Waals surface area contributed by atoms with Crippen LogP contribution in [-0.4, -0.2) is 90.8 Å². The van der Waals surface area contributed by atoms with Crippen LogP contribution < -0.4 is 4.90 Å². The molecule has 0 spiro atoms. The van der Waals surface area contributed by atoms with Crippen molar-refractivity contribution in [2.45, 2.75) is 58.0 Å². The molecule has 3 aliphatic heterocycles.